The molecule has 2 rings (SSSR count). The molecule has 192 valence electrons. The lowest BCUT2D eigenvalue weighted by Gasteiger charge is -2.21. The minimum absolute atomic E-state index is 0. The monoisotopic (exact) mass is 488 g/mol. The van der Waals surface area contributed by atoms with Gasteiger partial charge in [0.05, 0.1) is 25.3 Å². The van der Waals surface area contributed by atoms with Crippen LogP contribution in [0.4, 0.5) is 0 Å². The van der Waals surface area contributed by atoms with Crippen LogP contribution in [-0.4, -0.2) is 25.5 Å². The first-order valence-corrected chi connectivity index (χ1v) is 13.8. The minimum Gasteiger partial charge on any atom is -1.00 e. The van der Waals surface area contributed by atoms with Gasteiger partial charge >= 0.3 is 0 Å². The molecule has 0 amide bonds. The van der Waals surface area contributed by atoms with Crippen LogP contribution in [0.3, 0.4) is 0 Å². The topological polar surface area (TPSA) is 37.5 Å². The normalized spacial score (nSPS) is 11.1. The number of hydrogen-bond acceptors (Lipinski definition) is 2. The maximum atomic E-state index is 9.15. The summed E-state index contributed by atoms with van der Waals surface area (Å²) < 4.78 is 6.20. The van der Waals surface area contributed by atoms with E-state index in [1.165, 1.54) is 81.9 Å². The molecule has 0 aromatic heterocycles. The summed E-state index contributed by atoms with van der Waals surface area (Å²) in [6.07, 6.45) is 16.3. The molecule has 0 radical (unpaired) electrons. The van der Waals surface area contributed by atoms with Crippen molar-refractivity contribution in [2.45, 2.75) is 104 Å². The van der Waals surface area contributed by atoms with E-state index in [2.05, 4.69) is 57.2 Å². The maximum absolute atomic E-state index is 9.15. The van der Waals surface area contributed by atoms with Crippen LogP contribution in [0.25, 0.3) is 10.8 Å². The molecule has 0 heterocycles. The highest BCUT2D eigenvalue weighted by Gasteiger charge is 2.20. The first-order valence-electron chi connectivity index (χ1n) is 13.8. The van der Waals surface area contributed by atoms with Gasteiger partial charge in [0, 0.05) is 10.8 Å². The molecule has 0 spiro atoms. The van der Waals surface area contributed by atoms with Crippen molar-refractivity contribution in [3.63, 3.8) is 0 Å². The minimum atomic E-state index is 0. The van der Waals surface area contributed by atoms with E-state index in [9.17, 15) is 0 Å². The number of nitrogens with one attached hydrogen (secondary N) is 2. The van der Waals surface area contributed by atoms with Gasteiger partial charge in [-0.1, -0.05) is 96.4 Å². The molecule has 0 bridgehead atoms. The zero-order chi connectivity index (χ0) is 23.7. The highest BCUT2D eigenvalue weighted by atomic mass is 35.5. The van der Waals surface area contributed by atoms with Gasteiger partial charge in [0.1, 0.15) is 5.75 Å². The molecule has 0 atom stereocenters. The molecule has 4 heteroatoms. The highest BCUT2D eigenvalue weighted by Crippen LogP contribution is 2.28. The number of rotatable bonds is 18. The summed E-state index contributed by atoms with van der Waals surface area (Å²) in [5.74, 6) is 1.72. The van der Waals surface area contributed by atoms with Crippen molar-refractivity contribution < 1.29 is 22.0 Å². The average molecular weight is 489 g/mol. The lowest BCUT2D eigenvalue weighted by Crippen LogP contribution is -3.14. The Morgan fingerprint density at radius 3 is 1.79 bits per heavy atom. The van der Waals surface area contributed by atoms with E-state index >= 15 is 0 Å². The predicted molar refractivity (Wildman–Crippen MR) is 144 cm³/mol. The number of halogens is 1. The number of fused-ring (bicyclic) bond motifs is 1. The molecule has 2 aromatic rings. The second-order valence-corrected chi connectivity index (χ2v) is 9.52. The molecule has 0 aliphatic heterocycles. The molecule has 3 nitrogen and oxygen atoms in total. The van der Waals surface area contributed by atoms with Gasteiger partial charge in [0.25, 0.3) is 0 Å². The Morgan fingerprint density at radius 1 is 0.676 bits per heavy atom. The first kappa shape index (κ1) is 30.5. The third-order valence-electron chi connectivity index (χ3n) is 6.68. The molecule has 0 aliphatic carbocycles. The summed E-state index contributed by atoms with van der Waals surface area (Å²) in [7, 11) is 0. The summed E-state index contributed by atoms with van der Waals surface area (Å²) in [5.41, 5.74) is 1.07. The van der Waals surface area contributed by atoms with Crippen LogP contribution in [0, 0.1) is 5.41 Å². The molecule has 34 heavy (non-hydrogen) atoms. The Bertz CT molecular complexity index is 795. The van der Waals surface area contributed by atoms with Crippen molar-refractivity contribution in [1.82, 2.24) is 0 Å². The quantitative estimate of drug-likeness (QED) is 0.180. The molecular formula is C30H49ClN2O. The Kier molecular flexibility index (Phi) is 16.8. The Hall–Kier alpha value is -1.58. The Balaban J connectivity index is 0.00000578. The Morgan fingerprint density at radius 2 is 1.21 bits per heavy atom. The van der Waals surface area contributed by atoms with Crippen LogP contribution in [0.2, 0.25) is 0 Å². The van der Waals surface area contributed by atoms with Crippen LogP contribution >= 0.6 is 0 Å². The summed E-state index contributed by atoms with van der Waals surface area (Å²) in [6, 6.07) is 12.7. The fourth-order valence-corrected chi connectivity index (χ4v) is 4.60. The largest absolute Gasteiger partial charge is 1.00 e. The summed E-state index contributed by atoms with van der Waals surface area (Å²) in [5, 5.41) is 11.5. The van der Waals surface area contributed by atoms with E-state index in [1.807, 2.05) is 0 Å². The van der Waals surface area contributed by atoms with E-state index in [1.54, 1.807) is 0 Å². The van der Waals surface area contributed by atoms with Crippen molar-refractivity contribution in [3.05, 3.63) is 42.0 Å². The fourth-order valence-electron chi connectivity index (χ4n) is 4.60. The van der Waals surface area contributed by atoms with Gasteiger partial charge in [-0.2, -0.15) is 0 Å². The lowest BCUT2D eigenvalue weighted by molar-refractivity contribution is -0.806. The highest BCUT2D eigenvalue weighted by molar-refractivity contribution is 6.06. The van der Waals surface area contributed by atoms with Gasteiger partial charge in [-0.25, -0.2) is 0 Å². The summed E-state index contributed by atoms with van der Waals surface area (Å²) >= 11 is 0. The van der Waals surface area contributed by atoms with Crippen LogP contribution in [0.1, 0.15) is 110 Å². The SMILES string of the molecule is CCCCCCCOc1ccc(C(=N)[NH+](CCCCCC)CCCCCC)c2ccccc12.[Cl-]. The van der Waals surface area contributed by atoms with Crippen molar-refractivity contribution in [2.24, 2.45) is 0 Å². The van der Waals surface area contributed by atoms with Gasteiger partial charge in [0.2, 0.25) is 5.84 Å². The van der Waals surface area contributed by atoms with Gasteiger partial charge in [0.15, 0.2) is 0 Å². The maximum Gasteiger partial charge on any atom is 0.226 e. The third-order valence-corrected chi connectivity index (χ3v) is 6.68. The molecule has 0 unspecified atom stereocenters. The van der Waals surface area contributed by atoms with E-state index in [0.717, 1.165) is 54.0 Å². The zero-order valence-electron chi connectivity index (χ0n) is 22.1. The molecule has 0 saturated heterocycles. The third kappa shape index (κ3) is 10.4. The van der Waals surface area contributed by atoms with Crippen LogP contribution in [0.5, 0.6) is 5.75 Å². The molecule has 2 N–H and O–H groups in total. The standard InChI is InChI=1S/C30H48N2O.ClH/c1-4-7-10-13-18-25-33-29-22-21-28(26-19-14-15-20-27(26)29)30(31)32(23-16-11-8-5-2)24-17-12-9-6-3;/h14-15,19-22,31H,4-13,16-18,23-25H2,1-3H3;1H. The molecule has 0 saturated carbocycles. The first-order chi connectivity index (χ1) is 16.2. The van der Waals surface area contributed by atoms with E-state index in [4.69, 9.17) is 10.1 Å². The molecule has 2 aromatic carbocycles. The van der Waals surface area contributed by atoms with Crippen LogP contribution in [0.15, 0.2) is 36.4 Å². The second kappa shape index (κ2) is 18.7. The molecule has 0 aliphatic rings. The number of benzene rings is 2. The summed E-state index contributed by atoms with van der Waals surface area (Å²) in [4.78, 5) is 1.34. The lowest BCUT2D eigenvalue weighted by atomic mass is 10.0. The number of unbranched alkanes of at least 4 members (excludes halogenated alkanes) is 10. The van der Waals surface area contributed by atoms with Crippen molar-refractivity contribution >= 4 is 16.6 Å². The van der Waals surface area contributed by atoms with Gasteiger partial charge in [-0.3, -0.25) is 10.3 Å². The van der Waals surface area contributed by atoms with Crippen molar-refractivity contribution in [2.75, 3.05) is 19.7 Å². The van der Waals surface area contributed by atoms with E-state index in [-0.39, 0.29) is 12.4 Å². The van der Waals surface area contributed by atoms with Crippen LogP contribution in [-0.2, 0) is 0 Å². The smallest absolute Gasteiger partial charge is 0.226 e. The predicted octanol–water partition coefficient (Wildman–Crippen LogP) is 4.56. The fraction of sp³-hybridized carbons (Fsp3) is 0.633. The Labute approximate surface area is 215 Å². The molecular weight excluding hydrogens is 440 g/mol. The average Bonchev–Trinajstić information content (AvgIpc) is 2.84. The van der Waals surface area contributed by atoms with Gasteiger partial charge < -0.3 is 17.1 Å². The van der Waals surface area contributed by atoms with Crippen molar-refractivity contribution in [3.8, 4) is 5.75 Å². The summed E-state index contributed by atoms with van der Waals surface area (Å²) in [6.45, 7) is 9.68. The van der Waals surface area contributed by atoms with Gasteiger partial charge in [-0.05, 0) is 44.2 Å². The van der Waals surface area contributed by atoms with Gasteiger partial charge in [-0.15, -0.1) is 0 Å². The van der Waals surface area contributed by atoms with Crippen molar-refractivity contribution in [1.29, 1.82) is 5.41 Å². The number of amidine groups is 1. The number of quaternary nitrogens is 1. The number of hydrogen-bond donors (Lipinski definition) is 2. The van der Waals surface area contributed by atoms with Crippen LogP contribution < -0.4 is 22.0 Å². The zero-order valence-corrected chi connectivity index (χ0v) is 22.8. The second-order valence-electron chi connectivity index (χ2n) is 9.52. The number of ether oxygens (including phenoxy) is 1. The van der Waals surface area contributed by atoms with E-state index in [0.29, 0.717) is 0 Å². The molecule has 0 fully saturated rings. The van der Waals surface area contributed by atoms with E-state index < -0.39 is 0 Å².